The number of halogens is 1. The molecule has 3 aliphatic rings. The van der Waals surface area contributed by atoms with Crippen LogP contribution >= 0.6 is 0 Å². The largest absolute Gasteiger partial charge is 0.497 e. The lowest BCUT2D eigenvalue weighted by atomic mass is 9.98. The maximum absolute atomic E-state index is 14.0. The van der Waals surface area contributed by atoms with Crippen LogP contribution in [0.25, 0.3) is 0 Å². The van der Waals surface area contributed by atoms with Crippen LogP contribution in [-0.2, 0) is 9.53 Å². The number of hydrogen-bond acceptors (Lipinski definition) is 8. The third-order valence-electron chi connectivity index (χ3n) is 7.86. The number of rotatable bonds is 9. The lowest BCUT2D eigenvalue weighted by Crippen LogP contribution is -2.46. The lowest BCUT2D eigenvalue weighted by molar-refractivity contribution is -0.133. The Kier molecular flexibility index (Phi) is 8.52. The van der Waals surface area contributed by atoms with Crippen molar-refractivity contribution >= 4 is 17.5 Å². The summed E-state index contributed by atoms with van der Waals surface area (Å²) >= 11 is 0. The van der Waals surface area contributed by atoms with E-state index in [9.17, 15) is 14.0 Å². The van der Waals surface area contributed by atoms with E-state index in [1.807, 2.05) is 18.2 Å². The Morgan fingerprint density at radius 3 is 2.49 bits per heavy atom. The quantitative estimate of drug-likeness (QED) is 0.376. The number of carbonyl (C=O) groups is 2. The minimum absolute atomic E-state index is 0.134. The minimum Gasteiger partial charge on any atom is -0.497 e. The summed E-state index contributed by atoms with van der Waals surface area (Å²) in [5, 5.41) is 6.17. The second-order valence-electron chi connectivity index (χ2n) is 10.5. The fourth-order valence-corrected chi connectivity index (χ4v) is 5.43. The predicted molar refractivity (Wildman–Crippen MR) is 156 cm³/mol. The van der Waals surface area contributed by atoms with E-state index in [0.29, 0.717) is 61.2 Å². The molecule has 0 radical (unpaired) electrons. The first-order valence-electron chi connectivity index (χ1n) is 14.3. The van der Waals surface area contributed by atoms with Crippen molar-refractivity contribution in [2.45, 2.75) is 12.5 Å². The number of methoxy groups -OCH3 is 1. The van der Waals surface area contributed by atoms with Gasteiger partial charge in [-0.05, 0) is 59.7 Å². The minimum atomic E-state index is -0.445. The van der Waals surface area contributed by atoms with Crippen molar-refractivity contribution in [1.82, 2.24) is 14.8 Å². The number of fused-ring (bicyclic) bond motifs is 1. The van der Waals surface area contributed by atoms with Crippen LogP contribution < -0.4 is 14.2 Å². The molecule has 1 saturated heterocycles. The van der Waals surface area contributed by atoms with Crippen molar-refractivity contribution in [3.05, 3.63) is 89.2 Å². The van der Waals surface area contributed by atoms with Gasteiger partial charge in [0.2, 0.25) is 6.79 Å². The van der Waals surface area contributed by atoms with E-state index in [1.54, 1.807) is 48.4 Å². The van der Waals surface area contributed by atoms with Gasteiger partial charge in [0.1, 0.15) is 18.1 Å². The van der Waals surface area contributed by atoms with Crippen LogP contribution in [0.2, 0.25) is 0 Å². The van der Waals surface area contributed by atoms with E-state index >= 15 is 0 Å². The van der Waals surface area contributed by atoms with Gasteiger partial charge in [0.15, 0.2) is 11.5 Å². The molecular formula is C32H33FN4O6. The topological polar surface area (TPSA) is 93.1 Å². The summed E-state index contributed by atoms with van der Waals surface area (Å²) in [6.45, 7) is 3.73. The number of carbonyl (C=O) groups excluding carboxylic acids is 2. The molecule has 3 aromatic rings. The highest BCUT2D eigenvalue weighted by Gasteiger charge is 2.35. The summed E-state index contributed by atoms with van der Waals surface area (Å²) in [5.41, 5.74) is 2.65. The summed E-state index contributed by atoms with van der Waals surface area (Å²) in [6.07, 6.45) is 0.414. The third kappa shape index (κ3) is 6.47. The van der Waals surface area contributed by atoms with Crippen LogP contribution in [0.4, 0.5) is 4.39 Å². The molecule has 1 fully saturated rings. The summed E-state index contributed by atoms with van der Waals surface area (Å²) < 4.78 is 35.4. The van der Waals surface area contributed by atoms with E-state index in [1.165, 1.54) is 17.1 Å². The molecule has 10 nitrogen and oxygen atoms in total. The Hall–Kier alpha value is -4.48. The number of nitrogens with zero attached hydrogens (tertiary/aromatic N) is 4. The molecule has 0 aromatic heterocycles. The average Bonchev–Trinajstić information content (AvgIpc) is 3.71. The van der Waals surface area contributed by atoms with Crippen molar-refractivity contribution in [2.75, 3.05) is 59.8 Å². The second-order valence-corrected chi connectivity index (χ2v) is 10.5. The number of ether oxygens (including phenoxy) is 4. The highest BCUT2D eigenvalue weighted by atomic mass is 19.1. The fraction of sp³-hybridized carbons (Fsp3) is 0.344. The normalized spacial score (nSPS) is 18.0. The molecule has 3 aliphatic heterocycles. The third-order valence-corrected chi connectivity index (χ3v) is 7.86. The van der Waals surface area contributed by atoms with E-state index in [4.69, 9.17) is 24.0 Å². The molecule has 3 heterocycles. The molecule has 43 heavy (non-hydrogen) atoms. The molecule has 0 bridgehead atoms. The predicted octanol–water partition coefficient (Wildman–Crippen LogP) is 3.72. The fourth-order valence-electron chi connectivity index (χ4n) is 5.43. The van der Waals surface area contributed by atoms with Crippen LogP contribution in [0.1, 0.15) is 33.9 Å². The van der Waals surface area contributed by atoms with Gasteiger partial charge in [-0.1, -0.05) is 18.2 Å². The van der Waals surface area contributed by atoms with Crippen molar-refractivity contribution in [1.29, 1.82) is 0 Å². The van der Waals surface area contributed by atoms with Crippen molar-refractivity contribution in [3.8, 4) is 17.2 Å². The van der Waals surface area contributed by atoms with Gasteiger partial charge in [-0.15, -0.1) is 0 Å². The molecule has 0 unspecified atom stereocenters. The first-order valence-corrected chi connectivity index (χ1v) is 14.3. The highest BCUT2D eigenvalue weighted by molar-refractivity contribution is 6.03. The molecule has 11 heteroatoms. The van der Waals surface area contributed by atoms with Crippen molar-refractivity contribution < 1.29 is 32.9 Å². The number of hydrazone groups is 1. The zero-order valence-corrected chi connectivity index (χ0v) is 23.9. The summed E-state index contributed by atoms with van der Waals surface area (Å²) in [6, 6.07) is 18.0. The Labute approximate surface area is 249 Å². The number of benzene rings is 3. The van der Waals surface area contributed by atoms with Crippen LogP contribution in [0.5, 0.6) is 17.2 Å². The number of amides is 2. The molecule has 224 valence electrons. The molecule has 3 aromatic carbocycles. The molecule has 0 spiro atoms. The Bertz CT molecular complexity index is 1490. The number of hydrogen-bond donors (Lipinski definition) is 0. The Morgan fingerprint density at radius 1 is 1.00 bits per heavy atom. The summed E-state index contributed by atoms with van der Waals surface area (Å²) in [4.78, 5) is 31.6. The monoisotopic (exact) mass is 588 g/mol. The van der Waals surface area contributed by atoms with Gasteiger partial charge in [-0.3, -0.25) is 14.5 Å². The van der Waals surface area contributed by atoms with Gasteiger partial charge in [0, 0.05) is 38.2 Å². The van der Waals surface area contributed by atoms with E-state index < -0.39 is 6.04 Å². The second kappa shape index (κ2) is 12.8. The van der Waals surface area contributed by atoms with E-state index in [2.05, 4.69) is 4.90 Å². The van der Waals surface area contributed by atoms with Crippen LogP contribution in [0.15, 0.2) is 71.8 Å². The van der Waals surface area contributed by atoms with Gasteiger partial charge in [0.05, 0.1) is 32.1 Å². The van der Waals surface area contributed by atoms with Crippen LogP contribution in [0.3, 0.4) is 0 Å². The Morgan fingerprint density at radius 2 is 1.74 bits per heavy atom. The molecule has 1 atom stereocenters. The maximum atomic E-state index is 14.0. The summed E-state index contributed by atoms with van der Waals surface area (Å²) in [5.74, 6) is 0.935. The van der Waals surface area contributed by atoms with Gasteiger partial charge in [-0.2, -0.15) is 5.10 Å². The SMILES string of the molecule is COc1ccc(C(=O)N(CCN2CCOCC2)CC(=O)N2N=C(c3ccc(F)cc3)C[C@@H]2c2ccc3c(c2)OCO3)cc1. The zero-order chi connectivity index (χ0) is 29.8. The number of morpholine rings is 1. The Balaban J connectivity index is 1.27. The van der Waals surface area contributed by atoms with Crippen LogP contribution in [-0.4, -0.2) is 92.2 Å². The zero-order valence-electron chi connectivity index (χ0n) is 23.9. The first-order chi connectivity index (χ1) is 21.0. The molecule has 0 aliphatic carbocycles. The van der Waals surface area contributed by atoms with Gasteiger partial charge in [0.25, 0.3) is 11.8 Å². The first kappa shape index (κ1) is 28.6. The van der Waals surface area contributed by atoms with Gasteiger partial charge < -0.3 is 23.8 Å². The summed E-state index contributed by atoms with van der Waals surface area (Å²) in [7, 11) is 1.57. The van der Waals surface area contributed by atoms with E-state index in [0.717, 1.165) is 24.2 Å². The molecule has 0 N–H and O–H groups in total. The molecule has 0 saturated carbocycles. The van der Waals surface area contributed by atoms with Gasteiger partial charge >= 0.3 is 0 Å². The van der Waals surface area contributed by atoms with E-state index in [-0.39, 0.29) is 31.0 Å². The van der Waals surface area contributed by atoms with Crippen LogP contribution in [0, 0.1) is 5.82 Å². The van der Waals surface area contributed by atoms with Gasteiger partial charge in [-0.25, -0.2) is 9.40 Å². The molecule has 2 amide bonds. The lowest BCUT2D eigenvalue weighted by Gasteiger charge is -2.31. The maximum Gasteiger partial charge on any atom is 0.262 e. The molecular weight excluding hydrogens is 555 g/mol. The van der Waals surface area contributed by atoms with Crippen molar-refractivity contribution in [2.24, 2.45) is 5.10 Å². The average molecular weight is 589 g/mol. The standard InChI is InChI=1S/C32H33FN4O6/c1-40-26-9-4-23(5-10-26)32(39)36(13-12-35-14-16-41-17-15-35)20-31(38)37-28(24-6-11-29-30(18-24)43-21-42-29)19-27(34-37)22-2-7-25(33)8-3-22/h2-11,18,28H,12-17,19-21H2,1H3/t28-/m1/s1. The van der Waals surface area contributed by atoms with Crippen molar-refractivity contribution in [3.63, 3.8) is 0 Å². The smallest absolute Gasteiger partial charge is 0.262 e. The molecule has 6 rings (SSSR count). The highest BCUT2D eigenvalue weighted by Crippen LogP contribution is 2.39.